The number of para-hydroxylation sites is 1. The van der Waals surface area contributed by atoms with E-state index < -0.39 is 12.2 Å². The number of aliphatic hydroxyl groups excluding tert-OH is 2. The van der Waals surface area contributed by atoms with E-state index in [1.54, 1.807) is 18.2 Å². The standard InChI is InChI=1S/C19H23N3O3/c20-15(13-8-4-5-9-16(13)23)11-14(19(21)22)18(25)17(24)10-12-6-2-1-3-7-12/h1-9,11,17-18,23-25H,10,20-22H2/b15-11-. The van der Waals surface area contributed by atoms with Crippen LogP contribution in [0.4, 0.5) is 0 Å². The Bertz CT molecular complexity index is 768. The maximum atomic E-state index is 10.4. The molecule has 2 aromatic rings. The van der Waals surface area contributed by atoms with E-state index in [9.17, 15) is 15.3 Å². The first-order valence-corrected chi connectivity index (χ1v) is 7.81. The third-order valence-corrected chi connectivity index (χ3v) is 3.83. The number of rotatable bonds is 6. The lowest BCUT2D eigenvalue weighted by molar-refractivity contribution is 0.0438. The smallest absolute Gasteiger partial charge is 0.124 e. The molecule has 0 bridgehead atoms. The summed E-state index contributed by atoms with van der Waals surface area (Å²) in [4.78, 5) is 0. The van der Waals surface area contributed by atoms with E-state index in [1.165, 1.54) is 12.1 Å². The number of aliphatic hydroxyl groups is 2. The summed E-state index contributed by atoms with van der Waals surface area (Å²) < 4.78 is 0. The molecule has 2 unspecified atom stereocenters. The second-order valence-corrected chi connectivity index (χ2v) is 5.73. The van der Waals surface area contributed by atoms with Gasteiger partial charge in [-0.05, 0) is 23.8 Å². The van der Waals surface area contributed by atoms with Crippen molar-refractivity contribution in [3.63, 3.8) is 0 Å². The first-order chi connectivity index (χ1) is 11.9. The minimum atomic E-state index is -1.32. The van der Waals surface area contributed by atoms with Gasteiger partial charge in [-0.1, -0.05) is 42.5 Å². The zero-order valence-electron chi connectivity index (χ0n) is 13.7. The van der Waals surface area contributed by atoms with Crippen molar-refractivity contribution in [2.75, 3.05) is 0 Å². The Morgan fingerprint density at radius 3 is 2.12 bits per heavy atom. The van der Waals surface area contributed by atoms with Crippen LogP contribution in [0.3, 0.4) is 0 Å². The minimum Gasteiger partial charge on any atom is -0.507 e. The molecule has 0 saturated carbocycles. The molecule has 0 aliphatic carbocycles. The van der Waals surface area contributed by atoms with E-state index >= 15 is 0 Å². The van der Waals surface area contributed by atoms with Crippen LogP contribution in [-0.4, -0.2) is 27.5 Å². The Labute approximate surface area is 146 Å². The molecule has 6 heteroatoms. The largest absolute Gasteiger partial charge is 0.507 e. The van der Waals surface area contributed by atoms with Gasteiger partial charge in [0.1, 0.15) is 11.9 Å². The molecule has 2 aromatic carbocycles. The molecule has 0 aromatic heterocycles. The van der Waals surface area contributed by atoms with Gasteiger partial charge < -0.3 is 32.5 Å². The van der Waals surface area contributed by atoms with E-state index in [0.717, 1.165) is 5.56 Å². The predicted octanol–water partition coefficient (Wildman–Crippen LogP) is 0.785. The van der Waals surface area contributed by atoms with Gasteiger partial charge in [-0.25, -0.2) is 0 Å². The second kappa shape index (κ2) is 8.23. The van der Waals surface area contributed by atoms with Crippen molar-refractivity contribution in [2.45, 2.75) is 18.6 Å². The number of phenols is 1. The zero-order chi connectivity index (χ0) is 18.4. The molecular weight excluding hydrogens is 318 g/mol. The minimum absolute atomic E-state index is 0.00878. The molecule has 0 saturated heterocycles. The van der Waals surface area contributed by atoms with Crippen molar-refractivity contribution >= 4 is 5.70 Å². The van der Waals surface area contributed by atoms with E-state index in [4.69, 9.17) is 17.2 Å². The number of nitrogens with two attached hydrogens (primary N) is 3. The Balaban J connectivity index is 2.24. The van der Waals surface area contributed by atoms with Crippen molar-refractivity contribution in [3.8, 4) is 5.75 Å². The van der Waals surface area contributed by atoms with Crippen LogP contribution in [-0.2, 0) is 6.42 Å². The van der Waals surface area contributed by atoms with E-state index in [1.807, 2.05) is 30.3 Å². The Morgan fingerprint density at radius 1 is 0.920 bits per heavy atom. The fraction of sp³-hybridized carbons (Fsp3) is 0.158. The van der Waals surface area contributed by atoms with Gasteiger partial charge in [0.15, 0.2) is 0 Å². The van der Waals surface area contributed by atoms with Crippen molar-refractivity contribution in [2.24, 2.45) is 17.2 Å². The Kier molecular flexibility index (Phi) is 6.05. The summed E-state index contributed by atoms with van der Waals surface area (Å²) in [5.41, 5.74) is 18.8. The molecule has 0 aliphatic heterocycles. The fourth-order valence-electron chi connectivity index (χ4n) is 2.48. The van der Waals surface area contributed by atoms with Crippen LogP contribution in [0, 0.1) is 0 Å². The van der Waals surface area contributed by atoms with E-state index in [0.29, 0.717) is 5.56 Å². The third kappa shape index (κ3) is 4.76. The maximum Gasteiger partial charge on any atom is 0.124 e. The summed E-state index contributed by atoms with van der Waals surface area (Å²) in [6, 6.07) is 15.7. The van der Waals surface area contributed by atoms with E-state index in [-0.39, 0.29) is 29.3 Å². The van der Waals surface area contributed by atoms with Crippen LogP contribution >= 0.6 is 0 Å². The van der Waals surface area contributed by atoms with Crippen LogP contribution < -0.4 is 17.2 Å². The SMILES string of the molecule is NC(N)=C(/C=C(\N)c1ccccc1O)C(O)C(O)Cc1ccccc1. The lowest BCUT2D eigenvalue weighted by Gasteiger charge is -2.20. The molecular formula is C19H23N3O3. The van der Waals surface area contributed by atoms with Gasteiger partial charge in [0.25, 0.3) is 0 Å². The highest BCUT2D eigenvalue weighted by atomic mass is 16.3. The molecule has 9 N–H and O–H groups in total. The van der Waals surface area contributed by atoms with Crippen molar-refractivity contribution < 1.29 is 15.3 Å². The monoisotopic (exact) mass is 341 g/mol. The number of hydrogen-bond donors (Lipinski definition) is 6. The topological polar surface area (TPSA) is 139 Å². The van der Waals surface area contributed by atoms with Crippen LogP contribution in [0.25, 0.3) is 5.70 Å². The molecule has 0 spiro atoms. The highest BCUT2D eigenvalue weighted by Gasteiger charge is 2.22. The average Bonchev–Trinajstić information content (AvgIpc) is 2.59. The molecule has 0 amide bonds. The van der Waals surface area contributed by atoms with Gasteiger partial charge in [-0.15, -0.1) is 0 Å². The molecule has 25 heavy (non-hydrogen) atoms. The lowest BCUT2D eigenvalue weighted by atomic mass is 9.96. The fourth-order valence-corrected chi connectivity index (χ4v) is 2.48. The number of phenolic OH excluding ortho intramolecular Hbond substituents is 1. The van der Waals surface area contributed by atoms with Crippen LogP contribution in [0.5, 0.6) is 5.75 Å². The van der Waals surface area contributed by atoms with Gasteiger partial charge in [0, 0.05) is 23.3 Å². The van der Waals surface area contributed by atoms with Crippen LogP contribution in [0.2, 0.25) is 0 Å². The van der Waals surface area contributed by atoms with E-state index in [2.05, 4.69) is 0 Å². The summed E-state index contributed by atoms with van der Waals surface area (Å²) in [7, 11) is 0. The summed E-state index contributed by atoms with van der Waals surface area (Å²) in [6.07, 6.45) is -0.852. The normalized spacial score (nSPS) is 13.9. The predicted molar refractivity (Wildman–Crippen MR) is 97.8 cm³/mol. The highest BCUT2D eigenvalue weighted by Crippen LogP contribution is 2.24. The summed E-state index contributed by atoms with van der Waals surface area (Å²) in [5, 5.41) is 30.6. The third-order valence-electron chi connectivity index (χ3n) is 3.83. The van der Waals surface area contributed by atoms with Gasteiger partial charge in [0.2, 0.25) is 0 Å². The number of benzene rings is 2. The van der Waals surface area contributed by atoms with Gasteiger partial charge >= 0.3 is 0 Å². The molecule has 2 atom stereocenters. The Morgan fingerprint density at radius 2 is 1.52 bits per heavy atom. The second-order valence-electron chi connectivity index (χ2n) is 5.73. The lowest BCUT2D eigenvalue weighted by Crippen LogP contribution is -2.32. The molecule has 132 valence electrons. The first-order valence-electron chi connectivity index (χ1n) is 7.81. The molecule has 0 radical (unpaired) electrons. The van der Waals surface area contributed by atoms with Crippen molar-refractivity contribution in [1.29, 1.82) is 0 Å². The summed E-state index contributed by atoms with van der Waals surface area (Å²) in [5.74, 6) is -0.163. The molecule has 2 rings (SSSR count). The number of aromatic hydroxyl groups is 1. The van der Waals surface area contributed by atoms with Crippen LogP contribution in [0.1, 0.15) is 11.1 Å². The molecule has 0 fully saturated rings. The summed E-state index contributed by atoms with van der Waals surface area (Å²) >= 11 is 0. The van der Waals surface area contributed by atoms with Crippen LogP contribution in [0.15, 0.2) is 72.1 Å². The maximum absolute atomic E-state index is 10.4. The zero-order valence-corrected chi connectivity index (χ0v) is 13.7. The quantitative estimate of drug-likeness (QED) is 0.429. The van der Waals surface area contributed by atoms with Gasteiger partial charge in [0.05, 0.1) is 11.9 Å². The van der Waals surface area contributed by atoms with Gasteiger partial charge in [-0.2, -0.15) is 0 Å². The first kappa shape index (κ1) is 18.4. The number of hydrogen-bond acceptors (Lipinski definition) is 6. The molecule has 6 nitrogen and oxygen atoms in total. The average molecular weight is 341 g/mol. The van der Waals surface area contributed by atoms with Gasteiger partial charge in [-0.3, -0.25) is 0 Å². The Hall–Kier alpha value is -2.96. The molecule has 0 heterocycles. The summed E-state index contributed by atoms with van der Waals surface area (Å²) in [6.45, 7) is 0. The highest BCUT2D eigenvalue weighted by molar-refractivity contribution is 5.70. The van der Waals surface area contributed by atoms with Crippen molar-refractivity contribution in [3.05, 3.63) is 83.2 Å². The molecule has 0 aliphatic rings. The van der Waals surface area contributed by atoms with Crippen molar-refractivity contribution in [1.82, 2.24) is 0 Å².